The SMILES string of the molecule is CC1CCNCC1NC(=O)COc1ccc(Cl)cc1. The predicted octanol–water partition coefficient (Wildman–Crippen LogP) is 1.83. The van der Waals surface area contributed by atoms with Crippen molar-refractivity contribution in [1.82, 2.24) is 10.6 Å². The minimum Gasteiger partial charge on any atom is -0.484 e. The van der Waals surface area contributed by atoms with Gasteiger partial charge in [-0.05, 0) is 43.1 Å². The maximum atomic E-state index is 11.8. The molecule has 2 rings (SSSR count). The zero-order valence-electron chi connectivity index (χ0n) is 11.0. The van der Waals surface area contributed by atoms with Gasteiger partial charge in [-0.3, -0.25) is 4.79 Å². The Hall–Kier alpha value is -1.26. The van der Waals surface area contributed by atoms with Crippen molar-refractivity contribution in [2.75, 3.05) is 19.7 Å². The van der Waals surface area contributed by atoms with Gasteiger partial charge in [0, 0.05) is 17.6 Å². The van der Waals surface area contributed by atoms with E-state index >= 15 is 0 Å². The van der Waals surface area contributed by atoms with Crippen LogP contribution in [0.3, 0.4) is 0 Å². The molecule has 0 radical (unpaired) electrons. The van der Waals surface area contributed by atoms with Crippen molar-refractivity contribution in [3.8, 4) is 5.75 Å². The molecule has 1 aliphatic heterocycles. The van der Waals surface area contributed by atoms with Crippen molar-refractivity contribution in [1.29, 1.82) is 0 Å². The van der Waals surface area contributed by atoms with Crippen LogP contribution in [0.1, 0.15) is 13.3 Å². The lowest BCUT2D eigenvalue weighted by atomic mass is 9.95. The van der Waals surface area contributed by atoms with Crippen molar-refractivity contribution in [2.24, 2.45) is 5.92 Å². The molecule has 1 fully saturated rings. The monoisotopic (exact) mass is 282 g/mol. The van der Waals surface area contributed by atoms with Gasteiger partial charge in [0.25, 0.3) is 5.91 Å². The molecular formula is C14H19ClN2O2. The van der Waals surface area contributed by atoms with Crippen molar-refractivity contribution in [3.63, 3.8) is 0 Å². The number of piperidine rings is 1. The highest BCUT2D eigenvalue weighted by atomic mass is 35.5. The van der Waals surface area contributed by atoms with Crippen LogP contribution in [0.5, 0.6) is 5.75 Å². The van der Waals surface area contributed by atoms with Gasteiger partial charge in [-0.2, -0.15) is 0 Å². The zero-order chi connectivity index (χ0) is 13.7. The van der Waals surface area contributed by atoms with E-state index in [4.69, 9.17) is 16.3 Å². The highest BCUT2D eigenvalue weighted by molar-refractivity contribution is 6.30. The summed E-state index contributed by atoms with van der Waals surface area (Å²) in [6, 6.07) is 7.17. The largest absolute Gasteiger partial charge is 0.484 e. The standard InChI is InChI=1S/C14H19ClN2O2/c1-10-6-7-16-8-13(10)17-14(18)9-19-12-4-2-11(15)3-5-12/h2-5,10,13,16H,6-9H2,1H3,(H,17,18). The summed E-state index contributed by atoms with van der Waals surface area (Å²) < 4.78 is 5.41. The summed E-state index contributed by atoms with van der Waals surface area (Å²) in [6.07, 6.45) is 1.09. The Morgan fingerprint density at radius 2 is 2.21 bits per heavy atom. The highest BCUT2D eigenvalue weighted by Gasteiger charge is 2.22. The second kappa shape index (κ2) is 6.78. The van der Waals surface area contributed by atoms with Gasteiger partial charge in [0.15, 0.2) is 6.61 Å². The van der Waals surface area contributed by atoms with E-state index in [0.717, 1.165) is 19.5 Å². The highest BCUT2D eigenvalue weighted by Crippen LogP contribution is 2.15. The van der Waals surface area contributed by atoms with Gasteiger partial charge in [-0.15, -0.1) is 0 Å². The molecule has 2 N–H and O–H groups in total. The zero-order valence-corrected chi connectivity index (χ0v) is 11.7. The number of hydrogen-bond acceptors (Lipinski definition) is 3. The molecule has 19 heavy (non-hydrogen) atoms. The Kier molecular flexibility index (Phi) is 5.05. The second-order valence-corrected chi connectivity index (χ2v) is 5.32. The van der Waals surface area contributed by atoms with E-state index in [1.54, 1.807) is 24.3 Å². The molecule has 1 saturated heterocycles. The van der Waals surface area contributed by atoms with Gasteiger partial charge in [-0.25, -0.2) is 0 Å². The number of halogens is 1. The Balaban J connectivity index is 1.76. The Morgan fingerprint density at radius 1 is 1.47 bits per heavy atom. The number of carbonyl (C=O) groups excluding carboxylic acids is 1. The van der Waals surface area contributed by atoms with Crippen molar-refractivity contribution in [2.45, 2.75) is 19.4 Å². The molecular weight excluding hydrogens is 264 g/mol. The topological polar surface area (TPSA) is 50.4 Å². The quantitative estimate of drug-likeness (QED) is 0.886. The molecule has 1 amide bonds. The van der Waals surface area contributed by atoms with Gasteiger partial charge in [0.05, 0.1) is 0 Å². The summed E-state index contributed by atoms with van der Waals surface area (Å²) in [7, 11) is 0. The van der Waals surface area contributed by atoms with Gasteiger partial charge in [0.1, 0.15) is 5.75 Å². The lowest BCUT2D eigenvalue weighted by Gasteiger charge is -2.30. The number of hydrogen-bond donors (Lipinski definition) is 2. The average Bonchev–Trinajstić information content (AvgIpc) is 2.41. The molecule has 1 aliphatic rings. The number of amides is 1. The number of nitrogens with one attached hydrogen (secondary N) is 2. The smallest absolute Gasteiger partial charge is 0.258 e. The van der Waals surface area contributed by atoms with Gasteiger partial charge >= 0.3 is 0 Å². The third-order valence-corrected chi connectivity index (χ3v) is 3.61. The molecule has 0 bridgehead atoms. The molecule has 1 aromatic rings. The number of carbonyl (C=O) groups is 1. The summed E-state index contributed by atoms with van der Waals surface area (Å²) in [5, 5.41) is 6.93. The third kappa shape index (κ3) is 4.40. The molecule has 0 spiro atoms. The first-order valence-corrected chi connectivity index (χ1v) is 6.91. The van der Waals surface area contributed by atoms with Crippen LogP contribution in [0.25, 0.3) is 0 Å². The molecule has 2 atom stereocenters. The van der Waals surface area contributed by atoms with Crippen LogP contribution in [0.4, 0.5) is 0 Å². The van der Waals surface area contributed by atoms with E-state index in [9.17, 15) is 4.79 Å². The number of ether oxygens (including phenoxy) is 1. The second-order valence-electron chi connectivity index (χ2n) is 4.89. The Labute approximate surface area is 118 Å². The van der Waals surface area contributed by atoms with Crippen molar-refractivity contribution >= 4 is 17.5 Å². The molecule has 5 heteroatoms. The van der Waals surface area contributed by atoms with Crippen molar-refractivity contribution in [3.05, 3.63) is 29.3 Å². The average molecular weight is 283 g/mol. The fraction of sp³-hybridized carbons (Fsp3) is 0.500. The van der Waals surface area contributed by atoms with Crippen molar-refractivity contribution < 1.29 is 9.53 Å². The summed E-state index contributed by atoms with van der Waals surface area (Å²) in [5.74, 6) is 1.06. The van der Waals surface area contributed by atoms with Gasteiger partial charge in [0.2, 0.25) is 0 Å². The first kappa shape index (κ1) is 14.2. The minimum absolute atomic E-state index is 0.0326. The lowest BCUT2D eigenvalue weighted by molar-refractivity contribution is -0.124. The fourth-order valence-electron chi connectivity index (χ4n) is 2.11. The molecule has 1 heterocycles. The minimum atomic E-state index is -0.0875. The van der Waals surface area contributed by atoms with E-state index in [0.29, 0.717) is 16.7 Å². The lowest BCUT2D eigenvalue weighted by Crippen LogP contribution is -2.51. The van der Waals surface area contributed by atoms with Crippen LogP contribution in [0, 0.1) is 5.92 Å². The maximum Gasteiger partial charge on any atom is 0.258 e. The normalized spacial score (nSPS) is 22.8. The molecule has 0 saturated carbocycles. The summed E-state index contributed by atoms with van der Waals surface area (Å²) in [6.45, 7) is 4.04. The molecule has 2 unspecified atom stereocenters. The van der Waals surface area contributed by atoms with Crippen LogP contribution in [-0.2, 0) is 4.79 Å². The summed E-state index contributed by atoms with van der Waals surface area (Å²) in [5.41, 5.74) is 0. The van der Waals surface area contributed by atoms with Crippen LogP contribution in [0.2, 0.25) is 5.02 Å². The van der Waals surface area contributed by atoms with Gasteiger partial charge in [-0.1, -0.05) is 18.5 Å². The molecule has 4 nitrogen and oxygen atoms in total. The fourth-order valence-corrected chi connectivity index (χ4v) is 2.24. The summed E-state index contributed by atoms with van der Waals surface area (Å²) >= 11 is 5.78. The number of benzene rings is 1. The molecule has 104 valence electrons. The predicted molar refractivity (Wildman–Crippen MR) is 75.5 cm³/mol. The number of rotatable bonds is 4. The molecule has 0 aromatic heterocycles. The Morgan fingerprint density at radius 3 is 2.89 bits per heavy atom. The first-order valence-electron chi connectivity index (χ1n) is 6.53. The third-order valence-electron chi connectivity index (χ3n) is 3.36. The Bertz CT molecular complexity index is 422. The van der Waals surface area contributed by atoms with Crippen LogP contribution >= 0.6 is 11.6 Å². The van der Waals surface area contributed by atoms with Crippen LogP contribution in [-0.4, -0.2) is 31.6 Å². The van der Waals surface area contributed by atoms with E-state index < -0.39 is 0 Å². The maximum absolute atomic E-state index is 11.8. The van der Waals surface area contributed by atoms with E-state index in [2.05, 4.69) is 17.6 Å². The van der Waals surface area contributed by atoms with E-state index in [1.807, 2.05) is 0 Å². The van der Waals surface area contributed by atoms with Crippen LogP contribution in [0.15, 0.2) is 24.3 Å². The first-order chi connectivity index (χ1) is 9.15. The van der Waals surface area contributed by atoms with E-state index in [-0.39, 0.29) is 18.6 Å². The van der Waals surface area contributed by atoms with Crippen LogP contribution < -0.4 is 15.4 Å². The summed E-state index contributed by atoms with van der Waals surface area (Å²) in [4.78, 5) is 11.8. The molecule has 0 aliphatic carbocycles. The van der Waals surface area contributed by atoms with Gasteiger partial charge < -0.3 is 15.4 Å². The van der Waals surface area contributed by atoms with E-state index in [1.165, 1.54) is 0 Å². The molecule has 1 aromatic carbocycles.